The Morgan fingerprint density at radius 3 is 2.71 bits per heavy atom. The first kappa shape index (κ1) is 16.1. The largest absolute Gasteiger partial charge is 0.399 e. The number of hydrogen-bond acceptors (Lipinski definition) is 3. The maximum absolute atomic E-state index is 12.3. The highest BCUT2D eigenvalue weighted by Crippen LogP contribution is 2.20. The van der Waals surface area contributed by atoms with E-state index in [-0.39, 0.29) is 5.91 Å². The molecule has 122 valence electrons. The first-order valence-corrected chi connectivity index (χ1v) is 7.83. The van der Waals surface area contributed by atoms with E-state index in [1.807, 2.05) is 47.9 Å². The molecule has 1 amide bonds. The van der Waals surface area contributed by atoms with Crippen molar-refractivity contribution in [2.45, 2.75) is 13.5 Å². The average molecular weight is 341 g/mol. The fourth-order valence-electron chi connectivity index (χ4n) is 2.26. The van der Waals surface area contributed by atoms with Gasteiger partial charge < -0.3 is 15.6 Å². The second-order valence-corrected chi connectivity index (χ2v) is 6.00. The summed E-state index contributed by atoms with van der Waals surface area (Å²) in [5.74, 6) is -0.272. The van der Waals surface area contributed by atoms with E-state index in [2.05, 4.69) is 10.3 Å². The molecule has 0 atom stereocenters. The minimum atomic E-state index is -0.272. The van der Waals surface area contributed by atoms with Crippen LogP contribution in [0.3, 0.4) is 0 Å². The number of benzene rings is 2. The molecule has 0 aliphatic carbocycles. The number of aromatic nitrogens is 2. The zero-order valence-electron chi connectivity index (χ0n) is 13.2. The Balaban J connectivity index is 1.69. The Bertz CT molecular complexity index is 871. The number of carbonyl (C=O) groups excluding carboxylic acids is 1. The predicted octanol–water partition coefficient (Wildman–Crippen LogP) is 3.73. The number of imidazole rings is 1. The summed E-state index contributed by atoms with van der Waals surface area (Å²) in [5.41, 5.74) is 9.43. The van der Waals surface area contributed by atoms with Crippen LogP contribution in [-0.2, 0) is 6.54 Å². The second-order valence-electron chi connectivity index (χ2n) is 5.59. The highest BCUT2D eigenvalue weighted by Gasteiger charge is 2.10. The molecule has 0 spiro atoms. The lowest BCUT2D eigenvalue weighted by Crippen LogP contribution is -2.12. The molecule has 0 aliphatic rings. The molecule has 3 rings (SSSR count). The van der Waals surface area contributed by atoms with Gasteiger partial charge in [0.1, 0.15) is 5.69 Å². The maximum Gasteiger partial charge on any atom is 0.275 e. The third kappa shape index (κ3) is 3.75. The van der Waals surface area contributed by atoms with E-state index < -0.39 is 0 Å². The van der Waals surface area contributed by atoms with E-state index in [9.17, 15) is 4.79 Å². The van der Waals surface area contributed by atoms with Crippen LogP contribution in [0.4, 0.5) is 11.4 Å². The molecule has 1 heterocycles. The number of rotatable bonds is 4. The topological polar surface area (TPSA) is 72.9 Å². The van der Waals surface area contributed by atoms with E-state index in [1.54, 1.807) is 18.6 Å². The van der Waals surface area contributed by atoms with Gasteiger partial charge in [0.05, 0.1) is 6.33 Å². The molecule has 0 saturated heterocycles. The van der Waals surface area contributed by atoms with Crippen LogP contribution < -0.4 is 11.1 Å². The lowest BCUT2D eigenvalue weighted by Gasteiger charge is -2.05. The highest BCUT2D eigenvalue weighted by atomic mass is 35.5. The van der Waals surface area contributed by atoms with Gasteiger partial charge in [0, 0.05) is 29.1 Å². The molecule has 3 aromatic rings. The van der Waals surface area contributed by atoms with Gasteiger partial charge in [0.15, 0.2) is 0 Å². The standard InChI is InChI=1S/C18H17ClN4O/c1-12-2-7-15(8-16(12)19)22-18(24)17-10-23(11-21-17)9-13-3-5-14(20)6-4-13/h2-8,10-11H,9,20H2,1H3,(H,22,24). The van der Waals surface area contributed by atoms with Crippen molar-refractivity contribution in [1.29, 1.82) is 0 Å². The van der Waals surface area contributed by atoms with Crippen molar-refractivity contribution < 1.29 is 4.79 Å². The summed E-state index contributed by atoms with van der Waals surface area (Å²) in [6.07, 6.45) is 3.34. The van der Waals surface area contributed by atoms with Gasteiger partial charge in [-0.3, -0.25) is 4.79 Å². The van der Waals surface area contributed by atoms with Gasteiger partial charge in [-0.15, -0.1) is 0 Å². The van der Waals surface area contributed by atoms with Gasteiger partial charge in [0.2, 0.25) is 0 Å². The van der Waals surface area contributed by atoms with Crippen LogP contribution in [0.25, 0.3) is 0 Å². The van der Waals surface area contributed by atoms with Gasteiger partial charge in [-0.05, 0) is 42.3 Å². The van der Waals surface area contributed by atoms with Crippen molar-refractivity contribution in [3.05, 3.63) is 76.8 Å². The van der Waals surface area contributed by atoms with Crippen LogP contribution in [0, 0.1) is 6.92 Å². The zero-order chi connectivity index (χ0) is 17.1. The molecule has 3 N–H and O–H groups in total. The number of nitrogens with one attached hydrogen (secondary N) is 1. The molecule has 6 heteroatoms. The summed E-state index contributed by atoms with van der Waals surface area (Å²) in [7, 11) is 0. The van der Waals surface area contributed by atoms with Crippen molar-refractivity contribution >= 4 is 28.9 Å². The first-order chi connectivity index (χ1) is 11.5. The first-order valence-electron chi connectivity index (χ1n) is 7.45. The van der Waals surface area contributed by atoms with Crippen LogP contribution in [0.5, 0.6) is 0 Å². The zero-order valence-corrected chi connectivity index (χ0v) is 13.9. The number of nitrogens with two attached hydrogens (primary N) is 1. The minimum Gasteiger partial charge on any atom is -0.399 e. The third-order valence-corrected chi connectivity index (χ3v) is 4.05. The normalized spacial score (nSPS) is 10.6. The van der Waals surface area contributed by atoms with E-state index in [1.165, 1.54) is 0 Å². The number of carbonyl (C=O) groups is 1. The molecule has 0 fully saturated rings. The molecule has 0 aliphatic heterocycles. The molecule has 2 aromatic carbocycles. The number of anilines is 2. The Morgan fingerprint density at radius 2 is 2.00 bits per heavy atom. The average Bonchev–Trinajstić information content (AvgIpc) is 3.02. The Morgan fingerprint density at radius 1 is 1.25 bits per heavy atom. The number of amides is 1. The van der Waals surface area contributed by atoms with Gasteiger partial charge in [-0.2, -0.15) is 0 Å². The summed E-state index contributed by atoms with van der Waals surface area (Å²) < 4.78 is 1.85. The summed E-state index contributed by atoms with van der Waals surface area (Å²) in [5, 5.41) is 3.41. The number of hydrogen-bond donors (Lipinski definition) is 2. The molecule has 0 radical (unpaired) electrons. The third-order valence-electron chi connectivity index (χ3n) is 3.64. The van der Waals surface area contributed by atoms with Crippen LogP contribution in [0.1, 0.15) is 21.6 Å². The van der Waals surface area contributed by atoms with E-state index in [4.69, 9.17) is 17.3 Å². The van der Waals surface area contributed by atoms with Gasteiger partial charge in [-0.25, -0.2) is 4.98 Å². The second kappa shape index (κ2) is 6.76. The summed E-state index contributed by atoms with van der Waals surface area (Å²) in [6.45, 7) is 2.53. The number of aryl methyl sites for hydroxylation is 1. The molecular weight excluding hydrogens is 324 g/mol. The monoisotopic (exact) mass is 340 g/mol. The Labute approximate surface area is 145 Å². The fraction of sp³-hybridized carbons (Fsp3) is 0.111. The molecule has 24 heavy (non-hydrogen) atoms. The van der Waals surface area contributed by atoms with Gasteiger partial charge >= 0.3 is 0 Å². The Hall–Kier alpha value is -2.79. The predicted molar refractivity (Wildman–Crippen MR) is 96.3 cm³/mol. The summed E-state index contributed by atoms with van der Waals surface area (Å²) in [4.78, 5) is 16.4. The molecular formula is C18H17ClN4O. The summed E-state index contributed by atoms with van der Waals surface area (Å²) in [6, 6.07) is 13.0. The molecule has 0 bridgehead atoms. The van der Waals surface area contributed by atoms with Crippen molar-refractivity contribution in [3.63, 3.8) is 0 Å². The molecule has 1 aromatic heterocycles. The highest BCUT2D eigenvalue weighted by molar-refractivity contribution is 6.31. The van der Waals surface area contributed by atoms with Crippen molar-refractivity contribution in [2.24, 2.45) is 0 Å². The smallest absolute Gasteiger partial charge is 0.275 e. The lowest BCUT2D eigenvalue weighted by molar-refractivity contribution is 0.102. The maximum atomic E-state index is 12.3. The molecule has 5 nitrogen and oxygen atoms in total. The minimum absolute atomic E-state index is 0.272. The molecule has 0 unspecified atom stereocenters. The Kier molecular flexibility index (Phi) is 4.53. The van der Waals surface area contributed by atoms with Gasteiger partial charge in [0.25, 0.3) is 5.91 Å². The number of nitrogens with zero attached hydrogens (tertiary/aromatic N) is 2. The van der Waals surface area contributed by atoms with Crippen LogP contribution in [0.15, 0.2) is 55.0 Å². The van der Waals surface area contributed by atoms with Gasteiger partial charge in [-0.1, -0.05) is 29.8 Å². The van der Waals surface area contributed by atoms with Crippen molar-refractivity contribution in [3.8, 4) is 0 Å². The lowest BCUT2D eigenvalue weighted by atomic mass is 10.2. The fourth-order valence-corrected chi connectivity index (χ4v) is 2.44. The summed E-state index contributed by atoms with van der Waals surface area (Å²) >= 11 is 6.07. The number of halogens is 1. The van der Waals surface area contributed by atoms with E-state index >= 15 is 0 Å². The van der Waals surface area contributed by atoms with E-state index in [0.717, 1.165) is 16.8 Å². The quantitative estimate of drug-likeness (QED) is 0.711. The van der Waals surface area contributed by atoms with Crippen LogP contribution >= 0.6 is 11.6 Å². The SMILES string of the molecule is Cc1ccc(NC(=O)c2cn(Cc3ccc(N)cc3)cn2)cc1Cl. The van der Waals surface area contributed by atoms with Crippen LogP contribution in [0.2, 0.25) is 5.02 Å². The van der Waals surface area contributed by atoms with Crippen LogP contribution in [-0.4, -0.2) is 15.5 Å². The molecule has 0 saturated carbocycles. The van der Waals surface area contributed by atoms with E-state index in [0.29, 0.717) is 22.9 Å². The van der Waals surface area contributed by atoms with Crippen molar-refractivity contribution in [2.75, 3.05) is 11.1 Å². The number of nitrogen functional groups attached to an aromatic ring is 1. The van der Waals surface area contributed by atoms with Crippen molar-refractivity contribution in [1.82, 2.24) is 9.55 Å².